The number of rotatable bonds is 10. The highest BCUT2D eigenvalue weighted by Gasteiger charge is 2.25. The van der Waals surface area contributed by atoms with Gasteiger partial charge < -0.3 is 26.8 Å². The first kappa shape index (κ1) is 24.9. The van der Waals surface area contributed by atoms with E-state index in [-0.39, 0.29) is 25.4 Å². The number of benzene rings is 3. The van der Waals surface area contributed by atoms with Crippen LogP contribution >= 0.6 is 0 Å². The van der Waals surface area contributed by atoms with Crippen LogP contribution in [-0.4, -0.2) is 54.1 Å². The van der Waals surface area contributed by atoms with Gasteiger partial charge in [-0.05, 0) is 35.4 Å². The highest BCUT2D eigenvalue weighted by Crippen LogP contribution is 2.17. The fourth-order valence-corrected chi connectivity index (χ4v) is 3.47. The van der Waals surface area contributed by atoms with Crippen molar-refractivity contribution in [1.29, 1.82) is 0 Å². The topological polar surface area (TPSA) is 134 Å². The van der Waals surface area contributed by atoms with E-state index in [0.29, 0.717) is 5.56 Å². The fraction of sp³-hybridized carbons (Fsp3) is 0.269. The van der Waals surface area contributed by atoms with E-state index in [2.05, 4.69) is 16.0 Å². The molecule has 0 radical (unpaired) electrons. The number of nitrogens with two attached hydrogens (primary N) is 1. The molecule has 0 aliphatic carbocycles. The van der Waals surface area contributed by atoms with Crippen LogP contribution in [0.5, 0.6) is 0 Å². The zero-order chi connectivity index (χ0) is 24.5. The van der Waals surface area contributed by atoms with Crippen molar-refractivity contribution in [1.82, 2.24) is 16.0 Å². The van der Waals surface area contributed by atoms with Crippen molar-refractivity contribution >= 4 is 28.5 Å². The van der Waals surface area contributed by atoms with E-state index < -0.39 is 30.0 Å². The summed E-state index contributed by atoms with van der Waals surface area (Å²) in [6.45, 7) is 1.53. The average molecular weight is 463 g/mol. The maximum absolute atomic E-state index is 12.9. The normalized spacial score (nSPS) is 13.5. The van der Waals surface area contributed by atoms with Gasteiger partial charge in [-0.2, -0.15) is 0 Å². The molecule has 0 spiro atoms. The molecule has 0 heterocycles. The predicted octanol–water partition coefficient (Wildman–Crippen LogP) is 1.12. The smallest absolute Gasteiger partial charge is 0.251 e. The van der Waals surface area contributed by atoms with Gasteiger partial charge in [0.15, 0.2) is 0 Å². The van der Waals surface area contributed by atoms with Gasteiger partial charge in [0.05, 0.1) is 6.10 Å². The SMILES string of the molecule is C[C@H](NC(=O)c1ccccc1)C(=O)N[C@H](Cc1ccc2ccccc2c1)C(=O)NCC(O)CN. The summed E-state index contributed by atoms with van der Waals surface area (Å²) in [5.41, 5.74) is 6.71. The van der Waals surface area contributed by atoms with Crippen LogP contribution in [0.3, 0.4) is 0 Å². The minimum Gasteiger partial charge on any atom is -0.390 e. The number of carbonyl (C=O) groups is 3. The molecular formula is C26H30N4O4. The first-order valence-electron chi connectivity index (χ1n) is 11.2. The molecule has 0 aromatic heterocycles. The Balaban J connectivity index is 1.71. The standard InChI is InChI=1S/C26H30N4O4/c1-17(29-25(33)20-8-3-2-4-9-20)24(32)30-23(26(34)28-16-22(31)15-27)14-18-11-12-19-7-5-6-10-21(19)13-18/h2-13,17,22-23,31H,14-16,27H2,1H3,(H,28,34)(H,29,33)(H,30,32)/t17-,22?,23+/m0/s1. The van der Waals surface area contributed by atoms with Crippen molar-refractivity contribution in [3.05, 3.63) is 83.9 Å². The molecule has 0 bridgehead atoms. The molecule has 8 nitrogen and oxygen atoms in total. The van der Waals surface area contributed by atoms with Gasteiger partial charge in [0.25, 0.3) is 5.91 Å². The Labute approximate surface area is 198 Å². The lowest BCUT2D eigenvalue weighted by atomic mass is 10.0. The summed E-state index contributed by atoms with van der Waals surface area (Å²) in [5, 5.41) is 19.8. The highest BCUT2D eigenvalue weighted by molar-refractivity contribution is 5.98. The van der Waals surface area contributed by atoms with Gasteiger partial charge in [-0.1, -0.05) is 60.7 Å². The van der Waals surface area contributed by atoms with Gasteiger partial charge >= 0.3 is 0 Å². The first-order valence-corrected chi connectivity index (χ1v) is 11.2. The lowest BCUT2D eigenvalue weighted by Gasteiger charge is -2.22. The second-order valence-corrected chi connectivity index (χ2v) is 8.14. The Morgan fingerprint density at radius 1 is 0.882 bits per heavy atom. The zero-order valence-corrected chi connectivity index (χ0v) is 19.0. The third-order valence-corrected chi connectivity index (χ3v) is 5.45. The fourth-order valence-electron chi connectivity index (χ4n) is 3.47. The molecule has 3 amide bonds. The molecule has 3 atom stereocenters. The lowest BCUT2D eigenvalue weighted by molar-refractivity contribution is -0.129. The first-order chi connectivity index (χ1) is 16.4. The Hall–Kier alpha value is -3.75. The molecule has 8 heteroatoms. The summed E-state index contributed by atoms with van der Waals surface area (Å²) in [7, 11) is 0. The van der Waals surface area contributed by atoms with E-state index in [0.717, 1.165) is 16.3 Å². The number of hydrogen-bond donors (Lipinski definition) is 5. The summed E-state index contributed by atoms with van der Waals surface area (Å²) in [4.78, 5) is 38.1. The van der Waals surface area contributed by atoms with E-state index in [1.54, 1.807) is 37.3 Å². The molecule has 3 rings (SSSR count). The van der Waals surface area contributed by atoms with E-state index in [1.807, 2.05) is 42.5 Å². The van der Waals surface area contributed by atoms with Gasteiger partial charge in [0.1, 0.15) is 12.1 Å². The van der Waals surface area contributed by atoms with Crippen molar-refractivity contribution < 1.29 is 19.5 Å². The molecule has 3 aromatic carbocycles. The van der Waals surface area contributed by atoms with Gasteiger partial charge in [0.2, 0.25) is 11.8 Å². The number of carbonyl (C=O) groups excluding carboxylic acids is 3. The van der Waals surface area contributed by atoms with Crippen molar-refractivity contribution in [2.24, 2.45) is 5.73 Å². The zero-order valence-electron chi connectivity index (χ0n) is 19.0. The van der Waals surface area contributed by atoms with Crippen molar-refractivity contribution in [2.45, 2.75) is 31.5 Å². The van der Waals surface area contributed by atoms with E-state index in [4.69, 9.17) is 5.73 Å². The Morgan fingerprint density at radius 3 is 2.26 bits per heavy atom. The Morgan fingerprint density at radius 2 is 1.56 bits per heavy atom. The molecule has 0 saturated heterocycles. The number of aliphatic hydroxyl groups excluding tert-OH is 1. The van der Waals surface area contributed by atoms with E-state index in [9.17, 15) is 19.5 Å². The summed E-state index contributed by atoms with van der Waals surface area (Å²) >= 11 is 0. The van der Waals surface area contributed by atoms with Gasteiger partial charge in [-0.15, -0.1) is 0 Å². The van der Waals surface area contributed by atoms with Crippen molar-refractivity contribution in [3.63, 3.8) is 0 Å². The molecule has 0 aliphatic heterocycles. The van der Waals surface area contributed by atoms with Crippen LogP contribution in [-0.2, 0) is 16.0 Å². The Kier molecular flexibility index (Phi) is 8.73. The molecule has 0 aliphatic rings. The van der Waals surface area contributed by atoms with Crippen LogP contribution in [0.25, 0.3) is 10.8 Å². The van der Waals surface area contributed by atoms with Crippen LogP contribution in [0, 0.1) is 0 Å². The molecule has 3 aromatic rings. The maximum Gasteiger partial charge on any atom is 0.251 e. The van der Waals surface area contributed by atoms with Gasteiger partial charge in [-0.3, -0.25) is 14.4 Å². The second kappa shape index (κ2) is 11.9. The summed E-state index contributed by atoms with van der Waals surface area (Å²) in [5.74, 6) is -1.33. The van der Waals surface area contributed by atoms with E-state index in [1.165, 1.54) is 0 Å². The molecular weight excluding hydrogens is 432 g/mol. The van der Waals surface area contributed by atoms with Crippen LogP contribution in [0.2, 0.25) is 0 Å². The van der Waals surface area contributed by atoms with Gasteiger partial charge in [-0.25, -0.2) is 0 Å². The largest absolute Gasteiger partial charge is 0.390 e. The second-order valence-electron chi connectivity index (χ2n) is 8.14. The minimum atomic E-state index is -0.908. The molecule has 6 N–H and O–H groups in total. The lowest BCUT2D eigenvalue weighted by Crippen LogP contribution is -2.54. The maximum atomic E-state index is 12.9. The third-order valence-electron chi connectivity index (χ3n) is 5.45. The van der Waals surface area contributed by atoms with Crippen LogP contribution in [0.15, 0.2) is 72.8 Å². The van der Waals surface area contributed by atoms with Crippen LogP contribution < -0.4 is 21.7 Å². The number of aliphatic hydroxyl groups is 1. The van der Waals surface area contributed by atoms with Crippen LogP contribution in [0.4, 0.5) is 0 Å². The molecule has 1 unspecified atom stereocenters. The van der Waals surface area contributed by atoms with Gasteiger partial charge in [0, 0.05) is 25.1 Å². The molecule has 34 heavy (non-hydrogen) atoms. The number of amides is 3. The summed E-state index contributed by atoms with van der Waals surface area (Å²) in [6.07, 6.45) is -0.648. The number of fused-ring (bicyclic) bond motifs is 1. The van der Waals surface area contributed by atoms with Crippen molar-refractivity contribution in [2.75, 3.05) is 13.1 Å². The highest BCUT2D eigenvalue weighted by atomic mass is 16.3. The molecule has 0 fully saturated rings. The minimum absolute atomic E-state index is 0.00450. The molecule has 178 valence electrons. The van der Waals surface area contributed by atoms with Crippen LogP contribution in [0.1, 0.15) is 22.8 Å². The van der Waals surface area contributed by atoms with Crippen molar-refractivity contribution in [3.8, 4) is 0 Å². The predicted molar refractivity (Wildman–Crippen MR) is 131 cm³/mol. The number of nitrogens with one attached hydrogen (secondary N) is 3. The quantitative estimate of drug-likeness (QED) is 0.308. The average Bonchev–Trinajstić information content (AvgIpc) is 2.86. The monoisotopic (exact) mass is 462 g/mol. The summed E-state index contributed by atoms with van der Waals surface area (Å²) < 4.78 is 0. The van der Waals surface area contributed by atoms with E-state index >= 15 is 0 Å². The summed E-state index contributed by atoms with van der Waals surface area (Å²) in [6, 6.07) is 20.5. The third kappa shape index (κ3) is 6.87. The Bertz CT molecular complexity index is 1140. The number of hydrogen-bond acceptors (Lipinski definition) is 5. The molecule has 0 saturated carbocycles.